The first-order valence-corrected chi connectivity index (χ1v) is 8.00. The molecule has 0 saturated heterocycles. The first kappa shape index (κ1) is 18.0. The summed E-state index contributed by atoms with van der Waals surface area (Å²) in [5, 5.41) is 6.20. The lowest BCUT2D eigenvalue weighted by molar-refractivity contribution is 0.0526. The van der Waals surface area contributed by atoms with Crippen LogP contribution >= 0.6 is 15.9 Å². The van der Waals surface area contributed by atoms with Gasteiger partial charge in [0.1, 0.15) is 5.60 Å². The zero-order valence-corrected chi connectivity index (χ0v) is 14.8. The van der Waals surface area contributed by atoms with Crippen molar-refractivity contribution in [2.75, 3.05) is 6.54 Å². The smallest absolute Gasteiger partial charge is 0.407 e. The maximum absolute atomic E-state index is 11.5. The topological polar surface area (TPSA) is 50.4 Å². The average Bonchev–Trinajstić information content (AvgIpc) is 2.36. The Kier molecular flexibility index (Phi) is 7.18. The molecule has 0 saturated carbocycles. The summed E-state index contributed by atoms with van der Waals surface area (Å²) in [5.74, 6) is 0. The molecule has 0 heterocycles. The summed E-state index contributed by atoms with van der Waals surface area (Å²) in [6.45, 7) is 9.10. The van der Waals surface area contributed by atoms with E-state index in [0.29, 0.717) is 12.6 Å². The molecule has 0 radical (unpaired) electrons. The summed E-state index contributed by atoms with van der Waals surface area (Å²) in [4.78, 5) is 11.5. The van der Waals surface area contributed by atoms with Gasteiger partial charge in [0.15, 0.2) is 0 Å². The minimum atomic E-state index is -0.449. The highest BCUT2D eigenvalue weighted by Crippen LogP contribution is 2.10. The second-order valence-electron chi connectivity index (χ2n) is 6.13. The Hall–Kier alpha value is -1.07. The fourth-order valence-electron chi connectivity index (χ4n) is 1.70. The first-order valence-electron chi connectivity index (χ1n) is 7.21. The van der Waals surface area contributed by atoms with Gasteiger partial charge in [0, 0.05) is 23.6 Å². The lowest BCUT2D eigenvalue weighted by Gasteiger charge is -2.20. The predicted octanol–water partition coefficient (Wildman–Crippen LogP) is 3.84. The van der Waals surface area contributed by atoms with E-state index in [0.717, 1.165) is 17.4 Å². The monoisotopic (exact) mass is 356 g/mol. The quantitative estimate of drug-likeness (QED) is 0.813. The molecule has 0 aromatic heterocycles. The van der Waals surface area contributed by atoms with Crippen molar-refractivity contribution in [1.29, 1.82) is 0 Å². The number of rotatable bonds is 6. The number of halogens is 1. The van der Waals surface area contributed by atoms with Gasteiger partial charge in [-0.2, -0.15) is 0 Å². The van der Waals surface area contributed by atoms with Gasteiger partial charge in [0.2, 0.25) is 0 Å². The number of nitrogens with one attached hydrogen (secondary N) is 2. The van der Waals surface area contributed by atoms with Gasteiger partial charge in [0.25, 0.3) is 0 Å². The summed E-state index contributed by atoms with van der Waals surface area (Å²) in [6, 6.07) is 8.56. The molecule has 5 heteroatoms. The van der Waals surface area contributed by atoms with E-state index in [1.807, 2.05) is 32.9 Å². The molecule has 0 bridgehead atoms. The fraction of sp³-hybridized carbons (Fsp3) is 0.562. The molecule has 1 aromatic rings. The van der Waals surface area contributed by atoms with Crippen molar-refractivity contribution in [1.82, 2.24) is 10.6 Å². The van der Waals surface area contributed by atoms with Crippen molar-refractivity contribution < 1.29 is 9.53 Å². The number of hydrogen-bond donors (Lipinski definition) is 2. The average molecular weight is 357 g/mol. The van der Waals surface area contributed by atoms with Crippen molar-refractivity contribution in [3.8, 4) is 0 Å². The molecular weight excluding hydrogens is 332 g/mol. The van der Waals surface area contributed by atoms with Crippen molar-refractivity contribution in [3.63, 3.8) is 0 Å². The van der Waals surface area contributed by atoms with Gasteiger partial charge in [-0.15, -0.1) is 0 Å². The first-order chi connectivity index (χ1) is 9.76. The molecule has 4 nitrogen and oxygen atoms in total. The Morgan fingerprint density at radius 3 is 2.48 bits per heavy atom. The molecule has 1 amide bonds. The SMILES string of the molecule is C[C@@H](CCNC(=O)OC(C)(C)C)NCc1ccc(Br)cc1. The van der Waals surface area contributed by atoms with Gasteiger partial charge in [0.05, 0.1) is 0 Å². The van der Waals surface area contributed by atoms with Crippen LogP contribution in [0.4, 0.5) is 4.79 Å². The minimum absolute atomic E-state index is 0.323. The van der Waals surface area contributed by atoms with Crippen molar-refractivity contribution in [3.05, 3.63) is 34.3 Å². The molecule has 0 aliphatic heterocycles. The molecule has 0 fully saturated rings. The zero-order chi connectivity index (χ0) is 15.9. The van der Waals surface area contributed by atoms with Crippen LogP contribution in [0.25, 0.3) is 0 Å². The largest absolute Gasteiger partial charge is 0.444 e. The van der Waals surface area contributed by atoms with Crippen molar-refractivity contribution >= 4 is 22.0 Å². The van der Waals surface area contributed by atoms with E-state index < -0.39 is 5.60 Å². The summed E-state index contributed by atoms with van der Waals surface area (Å²) < 4.78 is 6.27. The summed E-state index contributed by atoms with van der Waals surface area (Å²) in [5.41, 5.74) is 0.792. The number of carbonyl (C=O) groups excluding carboxylic acids is 1. The second kappa shape index (κ2) is 8.39. The van der Waals surface area contributed by atoms with Crippen LogP contribution in [0.5, 0.6) is 0 Å². The molecule has 2 N–H and O–H groups in total. The molecule has 0 unspecified atom stereocenters. The normalized spacial score (nSPS) is 12.8. The molecular formula is C16H25BrN2O2. The molecule has 1 rings (SSSR count). The Morgan fingerprint density at radius 1 is 1.29 bits per heavy atom. The molecule has 0 aliphatic rings. The van der Waals surface area contributed by atoms with E-state index in [-0.39, 0.29) is 6.09 Å². The molecule has 0 spiro atoms. The standard InChI is InChI=1S/C16H25BrN2O2/c1-12(9-10-18-15(20)21-16(2,3)4)19-11-13-5-7-14(17)8-6-13/h5-8,12,19H,9-11H2,1-4H3,(H,18,20)/t12-/m0/s1. The summed E-state index contributed by atoms with van der Waals surface area (Å²) in [7, 11) is 0. The maximum atomic E-state index is 11.5. The highest BCUT2D eigenvalue weighted by molar-refractivity contribution is 9.10. The van der Waals surface area contributed by atoms with E-state index in [1.165, 1.54) is 5.56 Å². The zero-order valence-electron chi connectivity index (χ0n) is 13.2. The van der Waals surface area contributed by atoms with Crippen LogP contribution in [0.1, 0.15) is 39.7 Å². The highest BCUT2D eigenvalue weighted by atomic mass is 79.9. The number of carbonyl (C=O) groups is 1. The third-order valence-corrected chi connectivity index (χ3v) is 3.34. The van der Waals surface area contributed by atoms with Crippen LogP contribution < -0.4 is 10.6 Å². The Labute approximate surface area is 135 Å². The van der Waals surface area contributed by atoms with Crippen LogP contribution in [-0.4, -0.2) is 24.3 Å². The van der Waals surface area contributed by atoms with Crippen LogP contribution in [-0.2, 0) is 11.3 Å². The third-order valence-electron chi connectivity index (χ3n) is 2.81. The van der Waals surface area contributed by atoms with Crippen molar-refractivity contribution in [2.45, 2.75) is 52.3 Å². The number of benzene rings is 1. The number of alkyl carbamates (subject to hydrolysis) is 1. The molecule has 1 atom stereocenters. The van der Waals surface area contributed by atoms with E-state index in [2.05, 4.69) is 45.6 Å². The number of hydrogen-bond acceptors (Lipinski definition) is 3. The maximum Gasteiger partial charge on any atom is 0.407 e. The van der Waals surface area contributed by atoms with Crippen LogP contribution in [0.3, 0.4) is 0 Å². The number of amides is 1. The van der Waals surface area contributed by atoms with E-state index >= 15 is 0 Å². The molecule has 21 heavy (non-hydrogen) atoms. The van der Waals surface area contributed by atoms with Crippen LogP contribution in [0.2, 0.25) is 0 Å². The van der Waals surface area contributed by atoms with E-state index in [4.69, 9.17) is 4.74 Å². The molecule has 1 aromatic carbocycles. The summed E-state index contributed by atoms with van der Waals surface area (Å²) >= 11 is 3.42. The Balaban J connectivity index is 2.18. The van der Waals surface area contributed by atoms with Gasteiger partial charge in [-0.1, -0.05) is 28.1 Å². The van der Waals surface area contributed by atoms with Gasteiger partial charge in [-0.05, 0) is 51.8 Å². The Morgan fingerprint density at radius 2 is 1.90 bits per heavy atom. The van der Waals surface area contributed by atoms with Crippen LogP contribution in [0.15, 0.2) is 28.7 Å². The molecule has 0 aliphatic carbocycles. The van der Waals surface area contributed by atoms with Gasteiger partial charge >= 0.3 is 6.09 Å². The van der Waals surface area contributed by atoms with Gasteiger partial charge in [-0.25, -0.2) is 4.79 Å². The van der Waals surface area contributed by atoms with E-state index in [9.17, 15) is 4.79 Å². The van der Waals surface area contributed by atoms with Gasteiger partial charge < -0.3 is 15.4 Å². The summed E-state index contributed by atoms with van der Waals surface area (Å²) in [6.07, 6.45) is 0.498. The van der Waals surface area contributed by atoms with E-state index in [1.54, 1.807) is 0 Å². The molecule has 118 valence electrons. The number of ether oxygens (including phenoxy) is 1. The Bertz CT molecular complexity index is 441. The lowest BCUT2D eigenvalue weighted by Crippen LogP contribution is -2.35. The van der Waals surface area contributed by atoms with Gasteiger partial charge in [-0.3, -0.25) is 0 Å². The third kappa shape index (κ3) is 8.73. The minimum Gasteiger partial charge on any atom is -0.444 e. The second-order valence-corrected chi connectivity index (χ2v) is 7.04. The van der Waals surface area contributed by atoms with Crippen LogP contribution in [0, 0.1) is 0 Å². The lowest BCUT2D eigenvalue weighted by atomic mass is 10.2. The van der Waals surface area contributed by atoms with Crippen molar-refractivity contribution in [2.24, 2.45) is 0 Å². The fourth-order valence-corrected chi connectivity index (χ4v) is 1.97. The highest BCUT2D eigenvalue weighted by Gasteiger charge is 2.15. The predicted molar refractivity (Wildman–Crippen MR) is 89.3 cm³/mol.